The molecule has 0 aliphatic rings. The normalized spacial score (nSPS) is 13.4. The van der Waals surface area contributed by atoms with E-state index in [0.29, 0.717) is 5.06 Å². The number of hydroxylamine groups is 1. The van der Waals surface area contributed by atoms with Gasteiger partial charge in [-0.05, 0) is 39.3 Å². The molecular weight excluding hydrogens is 318 g/mol. The van der Waals surface area contributed by atoms with Gasteiger partial charge >= 0.3 is 5.97 Å². The van der Waals surface area contributed by atoms with E-state index in [9.17, 15) is 15.3 Å². The largest absolute Gasteiger partial charge is 0.457 e. The van der Waals surface area contributed by atoms with E-state index in [-0.39, 0.29) is 11.4 Å². The molecule has 1 atom stereocenters. The quantitative estimate of drug-likeness (QED) is 0.679. The second-order valence-corrected chi connectivity index (χ2v) is 6.70. The lowest BCUT2D eigenvalue weighted by Crippen LogP contribution is -2.52. The van der Waals surface area contributed by atoms with Gasteiger partial charge in [-0.3, -0.25) is 5.21 Å². The minimum Gasteiger partial charge on any atom is -0.457 e. The van der Waals surface area contributed by atoms with Crippen LogP contribution in [0.25, 0.3) is 0 Å². The Morgan fingerprint density at radius 2 is 1.84 bits per heavy atom. The van der Waals surface area contributed by atoms with Crippen molar-refractivity contribution in [3.8, 4) is 6.07 Å². The number of ether oxygens (including phenoxy) is 1. The summed E-state index contributed by atoms with van der Waals surface area (Å²) in [6.07, 6.45) is 1.54. The van der Waals surface area contributed by atoms with Gasteiger partial charge in [-0.1, -0.05) is 36.4 Å². The summed E-state index contributed by atoms with van der Waals surface area (Å²) < 4.78 is 5.42. The minimum atomic E-state index is -2.07. The lowest BCUT2D eigenvalue weighted by atomic mass is 9.90. The molecule has 2 rings (SSSR count). The molecule has 25 heavy (non-hydrogen) atoms. The van der Waals surface area contributed by atoms with Crippen LogP contribution in [-0.2, 0) is 15.1 Å². The Hall–Kier alpha value is -2.91. The summed E-state index contributed by atoms with van der Waals surface area (Å²) in [7, 11) is 0. The number of hydrogen-bond acceptors (Lipinski definition) is 6. The Balaban J connectivity index is 2.61. The van der Waals surface area contributed by atoms with Gasteiger partial charge in [0.25, 0.3) is 5.54 Å². The highest BCUT2D eigenvalue weighted by atomic mass is 16.6. The summed E-state index contributed by atoms with van der Waals surface area (Å²) in [5.74, 6) is -0.805. The fraction of sp³-hybridized carbons (Fsp3) is 0.316. The maximum Gasteiger partial charge on any atom is 0.354 e. The van der Waals surface area contributed by atoms with Crippen LogP contribution in [0.4, 0.5) is 5.82 Å². The molecule has 0 unspecified atom stereocenters. The highest BCUT2D eigenvalue weighted by Gasteiger charge is 2.50. The van der Waals surface area contributed by atoms with Gasteiger partial charge in [0, 0.05) is 11.8 Å². The lowest BCUT2D eigenvalue weighted by Gasteiger charge is -2.35. The smallest absolute Gasteiger partial charge is 0.354 e. The summed E-state index contributed by atoms with van der Waals surface area (Å²) >= 11 is 0. The number of aryl methyl sites for hydroxylation is 1. The third-order valence-electron chi connectivity index (χ3n) is 3.48. The molecule has 0 spiro atoms. The van der Waals surface area contributed by atoms with Crippen molar-refractivity contribution >= 4 is 11.8 Å². The summed E-state index contributed by atoms with van der Waals surface area (Å²) in [4.78, 5) is 17.0. The van der Waals surface area contributed by atoms with Crippen LogP contribution in [0.1, 0.15) is 31.9 Å². The van der Waals surface area contributed by atoms with E-state index >= 15 is 0 Å². The van der Waals surface area contributed by atoms with Gasteiger partial charge in [-0.2, -0.15) is 5.26 Å². The first-order chi connectivity index (χ1) is 11.7. The molecule has 2 aromatic rings. The number of aromatic nitrogens is 1. The Kier molecular flexibility index (Phi) is 5.10. The maximum atomic E-state index is 12.9. The topological polar surface area (TPSA) is 86.5 Å². The third kappa shape index (κ3) is 3.78. The average Bonchev–Trinajstić information content (AvgIpc) is 2.56. The third-order valence-corrected chi connectivity index (χ3v) is 3.48. The molecule has 0 radical (unpaired) electrons. The summed E-state index contributed by atoms with van der Waals surface area (Å²) in [6, 6.07) is 13.5. The molecule has 0 amide bonds. The van der Waals surface area contributed by atoms with E-state index in [1.165, 1.54) is 6.07 Å². The number of carbonyl (C=O) groups excluding carboxylic acids is 1. The molecule has 0 saturated heterocycles. The first-order valence-electron chi connectivity index (χ1n) is 7.83. The SMILES string of the molecule is Cc1ccc(N(O)[C@@](C#N)(C(=O)OC(C)(C)C)c2ccccc2)nc1. The minimum absolute atomic E-state index is 0.0712. The standard InChI is InChI=1S/C19H21N3O3/c1-14-10-11-16(21-12-14)22(24)19(13-20,15-8-6-5-7-9-15)17(23)25-18(2,3)4/h5-12,24H,1-4H3/t19-/m1/s1. The van der Waals surface area contributed by atoms with Crippen molar-refractivity contribution < 1.29 is 14.7 Å². The van der Waals surface area contributed by atoms with Gasteiger partial charge in [0.05, 0.1) is 0 Å². The van der Waals surface area contributed by atoms with Gasteiger partial charge in [-0.25, -0.2) is 14.8 Å². The van der Waals surface area contributed by atoms with E-state index in [4.69, 9.17) is 4.74 Å². The summed E-state index contributed by atoms with van der Waals surface area (Å²) in [5.41, 5.74) is -1.72. The van der Waals surface area contributed by atoms with Crippen molar-refractivity contribution in [2.45, 2.75) is 38.8 Å². The summed E-state index contributed by atoms with van der Waals surface area (Å²) in [6.45, 7) is 6.94. The highest BCUT2D eigenvalue weighted by molar-refractivity contribution is 5.90. The Bertz CT molecular complexity index is 776. The molecule has 130 valence electrons. The van der Waals surface area contributed by atoms with Crippen LogP contribution in [0.2, 0.25) is 0 Å². The average molecular weight is 339 g/mol. The van der Waals surface area contributed by atoms with Gasteiger partial charge in [0.2, 0.25) is 0 Å². The molecule has 0 aliphatic heterocycles. The Morgan fingerprint density at radius 1 is 1.20 bits per heavy atom. The van der Waals surface area contributed by atoms with Gasteiger partial charge < -0.3 is 4.74 Å². The van der Waals surface area contributed by atoms with Crippen LogP contribution >= 0.6 is 0 Å². The number of pyridine rings is 1. The molecule has 0 fully saturated rings. The molecule has 6 heteroatoms. The van der Waals surface area contributed by atoms with Crippen LogP contribution in [0, 0.1) is 18.3 Å². The van der Waals surface area contributed by atoms with Crippen LogP contribution in [0.15, 0.2) is 48.7 Å². The fourth-order valence-electron chi connectivity index (χ4n) is 2.27. The van der Waals surface area contributed by atoms with Crippen molar-refractivity contribution in [1.29, 1.82) is 5.26 Å². The highest BCUT2D eigenvalue weighted by Crippen LogP contribution is 2.33. The van der Waals surface area contributed by atoms with Crippen molar-refractivity contribution in [2.75, 3.05) is 5.06 Å². The number of carbonyl (C=O) groups is 1. The fourth-order valence-corrected chi connectivity index (χ4v) is 2.27. The second-order valence-electron chi connectivity index (χ2n) is 6.70. The monoisotopic (exact) mass is 339 g/mol. The number of rotatable bonds is 4. The lowest BCUT2D eigenvalue weighted by molar-refractivity contribution is -0.162. The molecule has 1 N–H and O–H groups in total. The number of hydrogen-bond donors (Lipinski definition) is 1. The number of benzene rings is 1. The van der Waals surface area contributed by atoms with Crippen molar-refractivity contribution in [1.82, 2.24) is 4.98 Å². The summed E-state index contributed by atoms with van der Waals surface area (Å²) in [5, 5.41) is 21.3. The first kappa shape index (κ1) is 18.4. The van der Waals surface area contributed by atoms with Crippen LogP contribution < -0.4 is 5.06 Å². The number of nitrogens with zero attached hydrogens (tertiary/aromatic N) is 3. The van der Waals surface area contributed by atoms with E-state index in [1.54, 1.807) is 63.4 Å². The van der Waals surface area contributed by atoms with Gasteiger partial charge in [0.1, 0.15) is 11.7 Å². The molecule has 6 nitrogen and oxygen atoms in total. The maximum absolute atomic E-state index is 12.9. The number of esters is 1. The second kappa shape index (κ2) is 6.91. The van der Waals surface area contributed by atoms with Crippen LogP contribution in [0.3, 0.4) is 0 Å². The zero-order chi connectivity index (χ0) is 18.7. The first-order valence-corrected chi connectivity index (χ1v) is 7.83. The molecule has 0 aliphatic carbocycles. The molecule has 1 aromatic carbocycles. The Labute approximate surface area is 147 Å². The van der Waals surface area contributed by atoms with Gasteiger partial charge in [-0.15, -0.1) is 0 Å². The van der Waals surface area contributed by atoms with Crippen molar-refractivity contribution in [3.63, 3.8) is 0 Å². The number of anilines is 1. The number of nitriles is 1. The van der Waals surface area contributed by atoms with E-state index < -0.39 is 17.1 Å². The van der Waals surface area contributed by atoms with Crippen molar-refractivity contribution in [2.24, 2.45) is 0 Å². The van der Waals surface area contributed by atoms with Crippen molar-refractivity contribution in [3.05, 3.63) is 59.8 Å². The molecule has 0 saturated carbocycles. The molecule has 1 heterocycles. The zero-order valence-electron chi connectivity index (χ0n) is 14.7. The predicted molar refractivity (Wildman–Crippen MR) is 92.8 cm³/mol. The van der Waals surface area contributed by atoms with Crippen LogP contribution in [-0.4, -0.2) is 21.8 Å². The molecule has 1 aromatic heterocycles. The Morgan fingerprint density at radius 3 is 2.32 bits per heavy atom. The van der Waals surface area contributed by atoms with Crippen LogP contribution in [0.5, 0.6) is 0 Å². The van der Waals surface area contributed by atoms with E-state index in [0.717, 1.165) is 5.56 Å². The predicted octanol–water partition coefficient (Wildman–Crippen LogP) is 3.35. The van der Waals surface area contributed by atoms with E-state index in [2.05, 4.69) is 4.98 Å². The van der Waals surface area contributed by atoms with E-state index in [1.807, 2.05) is 13.0 Å². The van der Waals surface area contributed by atoms with Gasteiger partial charge in [0.15, 0.2) is 5.82 Å². The molecule has 0 bridgehead atoms. The molecular formula is C19H21N3O3. The zero-order valence-corrected chi connectivity index (χ0v) is 14.7.